The van der Waals surface area contributed by atoms with E-state index in [1.807, 2.05) is 6.92 Å². The van der Waals surface area contributed by atoms with Gasteiger partial charge in [0.25, 0.3) is 0 Å². The lowest BCUT2D eigenvalue weighted by atomic mass is 10.2. The van der Waals surface area contributed by atoms with Crippen LogP contribution >= 0.6 is 0 Å². The quantitative estimate of drug-likeness (QED) is 0.613. The lowest BCUT2D eigenvalue weighted by Gasteiger charge is -2.10. The Morgan fingerprint density at radius 1 is 1.55 bits per heavy atom. The molecule has 0 fully saturated rings. The van der Waals surface area contributed by atoms with E-state index in [-0.39, 0.29) is 0 Å². The molecule has 3 nitrogen and oxygen atoms in total. The van der Waals surface area contributed by atoms with Gasteiger partial charge in [-0.25, -0.2) is 0 Å². The molecule has 1 amide bonds. The monoisotopic (exact) mass is 159 g/mol. The van der Waals surface area contributed by atoms with E-state index in [1.165, 1.54) is 4.90 Å². The minimum absolute atomic E-state index is 0.543. The summed E-state index contributed by atoms with van der Waals surface area (Å²) in [5.74, 6) is 0.543. The number of carbonyl (C=O) groups excluding carboxylic acids is 1. The van der Waals surface area contributed by atoms with Crippen molar-refractivity contribution in [3.05, 3.63) is 0 Å². The molecular weight excluding hydrogens is 140 g/mol. The molecule has 2 N–H and O–H groups in total. The predicted octanol–water partition coefficient (Wildman–Crippen LogP) is 0.606. The Hall–Kier alpha value is -0.570. The smallest absolute Gasteiger partial charge is 0.311 e. The lowest BCUT2D eigenvalue weighted by molar-refractivity contribution is 0.389. The summed E-state index contributed by atoms with van der Waals surface area (Å²) in [5.41, 5.74) is 4.85. The Bertz CT molecular complexity index is 84.2. The fourth-order valence-electron chi connectivity index (χ4n) is 0.585. The maximum Gasteiger partial charge on any atom is 0.311 e. The molecular formula is C8H19N2O. The molecule has 0 rings (SSSR count). The first-order chi connectivity index (χ1) is 5.08. The summed E-state index contributed by atoms with van der Waals surface area (Å²) in [7, 11) is 1.73. The molecule has 0 aromatic heterocycles. The van der Waals surface area contributed by atoms with Gasteiger partial charge in [-0.2, -0.15) is 0 Å². The third-order valence-corrected chi connectivity index (χ3v) is 0.795. The molecule has 0 aliphatic heterocycles. The van der Waals surface area contributed by atoms with Gasteiger partial charge >= 0.3 is 6.41 Å². The van der Waals surface area contributed by atoms with Gasteiger partial charge in [0.15, 0.2) is 0 Å². The van der Waals surface area contributed by atoms with E-state index in [4.69, 9.17) is 5.73 Å². The van der Waals surface area contributed by atoms with E-state index in [0.29, 0.717) is 5.92 Å². The van der Waals surface area contributed by atoms with Crippen LogP contribution in [-0.4, -0.2) is 31.4 Å². The van der Waals surface area contributed by atoms with Gasteiger partial charge in [0.1, 0.15) is 0 Å². The molecule has 0 aromatic carbocycles. The maximum absolute atomic E-state index is 9.84. The van der Waals surface area contributed by atoms with E-state index in [9.17, 15) is 4.79 Å². The molecule has 0 saturated heterocycles. The minimum Gasteiger partial charge on any atom is -0.337 e. The molecule has 3 heteroatoms. The highest BCUT2D eigenvalue weighted by atomic mass is 16.1. The van der Waals surface area contributed by atoms with Crippen molar-refractivity contribution >= 4 is 6.41 Å². The van der Waals surface area contributed by atoms with Gasteiger partial charge in [0, 0.05) is 13.6 Å². The fraction of sp³-hybridized carbons (Fsp3) is 0.875. The second-order valence-corrected chi connectivity index (χ2v) is 2.77. The van der Waals surface area contributed by atoms with E-state index in [2.05, 4.69) is 13.8 Å². The van der Waals surface area contributed by atoms with Crippen LogP contribution in [0.4, 0.5) is 0 Å². The number of hydrogen-bond acceptors (Lipinski definition) is 2. The second-order valence-electron chi connectivity index (χ2n) is 2.77. The van der Waals surface area contributed by atoms with Gasteiger partial charge in [-0.3, -0.25) is 4.79 Å². The van der Waals surface area contributed by atoms with E-state index < -0.39 is 0 Å². The number of amides is 1. The summed E-state index contributed by atoms with van der Waals surface area (Å²) >= 11 is 0. The molecule has 11 heavy (non-hydrogen) atoms. The van der Waals surface area contributed by atoms with Crippen LogP contribution in [0.15, 0.2) is 0 Å². The van der Waals surface area contributed by atoms with Gasteiger partial charge in [0.05, 0.1) is 0 Å². The average molecular weight is 159 g/mol. The normalized spacial score (nSPS) is 8.55. The highest BCUT2D eigenvalue weighted by Crippen LogP contribution is 1.91. The molecule has 0 heterocycles. The predicted molar refractivity (Wildman–Crippen MR) is 47.9 cm³/mol. The SMILES string of the molecule is CC(C)CN(C)[C]=O.CCN. The molecule has 1 radical (unpaired) electrons. The standard InChI is InChI=1S/C6H12NO.C2H7N/c1-6(2)4-7(3)5-8;1-2-3/h6H,4H2,1-3H3;2-3H2,1H3. The number of rotatable bonds is 3. The molecule has 0 aliphatic rings. The van der Waals surface area contributed by atoms with Crippen LogP contribution in [0.3, 0.4) is 0 Å². The van der Waals surface area contributed by atoms with E-state index >= 15 is 0 Å². The van der Waals surface area contributed by atoms with Crippen molar-refractivity contribution in [2.24, 2.45) is 11.7 Å². The summed E-state index contributed by atoms with van der Waals surface area (Å²) in [5, 5.41) is 0. The first-order valence-electron chi connectivity index (χ1n) is 3.87. The molecule has 67 valence electrons. The van der Waals surface area contributed by atoms with Crippen LogP contribution in [0.2, 0.25) is 0 Å². The number of nitrogens with two attached hydrogens (primary N) is 1. The van der Waals surface area contributed by atoms with Crippen molar-refractivity contribution < 1.29 is 4.79 Å². The van der Waals surface area contributed by atoms with Crippen LogP contribution < -0.4 is 5.73 Å². The third-order valence-electron chi connectivity index (χ3n) is 0.795. The van der Waals surface area contributed by atoms with Gasteiger partial charge in [0.2, 0.25) is 0 Å². The van der Waals surface area contributed by atoms with Crippen molar-refractivity contribution in [3.63, 3.8) is 0 Å². The number of hydrogen-bond donors (Lipinski definition) is 1. The van der Waals surface area contributed by atoms with Gasteiger partial charge in [-0.1, -0.05) is 20.8 Å². The van der Waals surface area contributed by atoms with Crippen LogP contribution in [0.5, 0.6) is 0 Å². The zero-order valence-corrected chi connectivity index (χ0v) is 7.92. The Kier molecular flexibility index (Phi) is 11.2. The highest BCUT2D eigenvalue weighted by Gasteiger charge is 1.96. The van der Waals surface area contributed by atoms with Crippen LogP contribution in [0, 0.1) is 5.92 Å². The fourth-order valence-corrected chi connectivity index (χ4v) is 0.585. The van der Waals surface area contributed by atoms with E-state index in [0.717, 1.165) is 13.1 Å². The summed E-state index contributed by atoms with van der Waals surface area (Å²) in [6.45, 7) is 7.57. The summed E-state index contributed by atoms with van der Waals surface area (Å²) in [6.07, 6.45) is 1.78. The molecule has 0 spiro atoms. The van der Waals surface area contributed by atoms with Crippen molar-refractivity contribution in [3.8, 4) is 0 Å². The molecule has 0 bridgehead atoms. The summed E-state index contributed by atoms with van der Waals surface area (Å²) < 4.78 is 0. The molecule has 0 saturated carbocycles. The molecule has 0 atom stereocenters. The van der Waals surface area contributed by atoms with Gasteiger partial charge in [-0.05, 0) is 12.5 Å². The Labute approximate surface area is 69.6 Å². The number of nitrogens with zero attached hydrogens (tertiary/aromatic N) is 1. The van der Waals surface area contributed by atoms with Crippen LogP contribution in [0.1, 0.15) is 20.8 Å². The topological polar surface area (TPSA) is 46.3 Å². The Morgan fingerprint density at radius 3 is 2.00 bits per heavy atom. The molecule has 0 aromatic rings. The third kappa shape index (κ3) is 17.7. The average Bonchev–Trinajstić information content (AvgIpc) is 1.88. The molecule has 0 unspecified atom stereocenters. The second kappa shape index (κ2) is 9.43. The lowest BCUT2D eigenvalue weighted by Crippen LogP contribution is -2.20. The van der Waals surface area contributed by atoms with Crippen LogP contribution in [-0.2, 0) is 4.79 Å². The Morgan fingerprint density at radius 2 is 1.91 bits per heavy atom. The van der Waals surface area contributed by atoms with Crippen molar-refractivity contribution in [2.45, 2.75) is 20.8 Å². The zero-order valence-electron chi connectivity index (χ0n) is 7.92. The Balaban J connectivity index is 0. The summed E-state index contributed by atoms with van der Waals surface area (Å²) in [6, 6.07) is 0. The van der Waals surface area contributed by atoms with Crippen LogP contribution in [0.25, 0.3) is 0 Å². The summed E-state index contributed by atoms with van der Waals surface area (Å²) in [4.78, 5) is 11.4. The van der Waals surface area contributed by atoms with Crippen molar-refractivity contribution in [1.82, 2.24) is 4.90 Å². The van der Waals surface area contributed by atoms with Crippen molar-refractivity contribution in [1.29, 1.82) is 0 Å². The van der Waals surface area contributed by atoms with E-state index in [1.54, 1.807) is 13.5 Å². The maximum atomic E-state index is 9.84. The van der Waals surface area contributed by atoms with Gasteiger partial charge < -0.3 is 10.6 Å². The largest absolute Gasteiger partial charge is 0.337 e. The van der Waals surface area contributed by atoms with Crippen molar-refractivity contribution in [2.75, 3.05) is 20.1 Å². The first kappa shape index (κ1) is 13.1. The molecule has 0 aliphatic carbocycles. The van der Waals surface area contributed by atoms with Gasteiger partial charge in [-0.15, -0.1) is 0 Å². The highest BCUT2D eigenvalue weighted by molar-refractivity contribution is 5.47. The minimum atomic E-state index is 0.543. The first-order valence-corrected chi connectivity index (χ1v) is 3.87. The zero-order chi connectivity index (χ0) is 9.28.